The fraction of sp³-hybridized carbons (Fsp3) is 0.238. The van der Waals surface area contributed by atoms with E-state index < -0.39 is 0 Å². The van der Waals surface area contributed by atoms with Crippen LogP contribution in [0.2, 0.25) is 0 Å². The van der Waals surface area contributed by atoms with Gasteiger partial charge in [-0.3, -0.25) is 0 Å². The van der Waals surface area contributed by atoms with Gasteiger partial charge < -0.3 is 9.85 Å². The predicted octanol–water partition coefficient (Wildman–Crippen LogP) is 4.87. The first-order chi connectivity index (χ1) is 11.0. The van der Waals surface area contributed by atoms with Crippen LogP contribution in [0.1, 0.15) is 34.2 Å². The van der Waals surface area contributed by atoms with Gasteiger partial charge in [-0.1, -0.05) is 60.7 Å². The largest absolute Gasteiger partial charge is 0.633 e. The lowest BCUT2D eigenvalue weighted by atomic mass is 9.91. The Hall–Kier alpha value is -2.16. The van der Waals surface area contributed by atoms with Crippen LogP contribution in [0.25, 0.3) is 17.7 Å². The van der Waals surface area contributed by atoms with Crippen molar-refractivity contribution >= 4 is 17.7 Å². The van der Waals surface area contributed by atoms with Gasteiger partial charge in [-0.05, 0) is 40.3 Å². The smallest absolute Gasteiger partial charge is 0.0815 e. The first-order valence-electron chi connectivity index (χ1n) is 8.07. The van der Waals surface area contributed by atoms with Gasteiger partial charge in [0.05, 0.1) is 20.6 Å². The third-order valence-corrected chi connectivity index (χ3v) is 4.31. The molecule has 0 fully saturated rings. The van der Waals surface area contributed by atoms with Crippen LogP contribution >= 0.6 is 0 Å². The van der Waals surface area contributed by atoms with E-state index in [1.807, 2.05) is 0 Å². The van der Waals surface area contributed by atoms with Crippen molar-refractivity contribution in [3.63, 3.8) is 0 Å². The van der Waals surface area contributed by atoms with Gasteiger partial charge in [0.25, 0.3) is 0 Å². The Balaban J connectivity index is 2.12. The number of hydrogen-bond acceptors (Lipinski definition) is 1. The lowest BCUT2D eigenvalue weighted by Crippen LogP contribution is -2.32. The summed E-state index contributed by atoms with van der Waals surface area (Å²) in [7, 11) is 3.39. The summed E-state index contributed by atoms with van der Waals surface area (Å²) >= 11 is 0. The normalized spacial score (nSPS) is 15.2. The van der Waals surface area contributed by atoms with Crippen molar-refractivity contribution in [2.45, 2.75) is 13.3 Å². The van der Waals surface area contributed by atoms with Gasteiger partial charge in [-0.15, -0.1) is 0 Å². The highest BCUT2D eigenvalue weighted by atomic mass is 16.5. The van der Waals surface area contributed by atoms with Crippen molar-refractivity contribution in [1.29, 1.82) is 0 Å². The van der Waals surface area contributed by atoms with Gasteiger partial charge >= 0.3 is 0 Å². The molecule has 3 rings (SSSR count). The molecule has 2 aromatic rings. The molecule has 2 nitrogen and oxygen atoms in total. The zero-order chi connectivity index (χ0) is 16.4. The highest BCUT2D eigenvalue weighted by Gasteiger charge is 2.15. The molecule has 0 radical (unpaired) electrons. The van der Waals surface area contributed by atoms with Gasteiger partial charge in [-0.25, -0.2) is 0 Å². The summed E-state index contributed by atoms with van der Waals surface area (Å²) in [5.74, 6) is 0. The van der Waals surface area contributed by atoms with Crippen molar-refractivity contribution < 1.29 is 4.65 Å². The second-order valence-electron chi connectivity index (χ2n) is 6.66. The summed E-state index contributed by atoms with van der Waals surface area (Å²) < 4.78 is -0.260. The van der Waals surface area contributed by atoms with Crippen molar-refractivity contribution in [3.05, 3.63) is 81.6 Å². The third-order valence-electron chi connectivity index (χ3n) is 4.31. The molecule has 1 aliphatic rings. The second kappa shape index (κ2) is 6.15. The minimum absolute atomic E-state index is 0.260. The van der Waals surface area contributed by atoms with Crippen molar-refractivity contribution in [2.24, 2.45) is 0 Å². The van der Waals surface area contributed by atoms with E-state index in [-0.39, 0.29) is 4.65 Å². The molecule has 23 heavy (non-hydrogen) atoms. The van der Waals surface area contributed by atoms with Crippen LogP contribution < -0.4 is 0 Å². The van der Waals surface area contributed by atoms with E-state index in [4.69, 9.17) is 0 Å². The molecule has 0 N–H and O–H groups in total. The first-order valence-corrected chi connectivity index (χ1v) is 8.07. The molecule has 0 spiro atoms. The Kier molecular flexibility index (Phi) is 4.20. The van der Waals surface area contributed by atoms with E-state index in [2.05, 4.69) is 67.6 Å². The Morgan fingerprint density at radius 3 is 2.48 bits per heavy atom. The highest BCUT2D eigenvalue weighted by Crippen LogP contribution is 2.35. The van der Waals surface area contributed by atoms with E-state index in [0.29, 0.717) is 6.54 Å². The van der Waals surface area contributed by atoms with Crippen LogP contribution in [0.15, 0.2) is 48.5 Å². The Labute approximate surface area is 138 Å². The van der Waals surface area contributed by atoms with Gasteiger partial charge in [0, 0.05) is 6.42 Å². The summed E-state index contributed by atoms with van der Waals surface area (Å²) in [4.78, 5) is 0. The number of quaternary nitrogens is 1. The van der Waals surface area contributed by atoms with E-state index in [1.54, 1.807) is 14.1 Å². The maximum Gasteiger partial charge on any atom is 0.0815 e. The highest BCUT2D eigenvalue weighted by molar-refractivity contribution is 5.94. The lowest BCUT2D eigenvalue weighted by molar-refractivity contribution is -0.839. The molecule has 0 amide bonds. The molecule has 0 atom stereocenters. The van der Waals surface area contributed by atoms with E-state index in [0.717, 1.165) is 6.42 Å². The standard InChI is InChI=1S/C21H23NO/c1-16-8-6-11-20-18(16)14-13-17-9-4-5-10-19(17)21(20)12-7-15-22(2,3)23/h4-6,8-14H,7,15H2,1-3H3/b21-12-. The molecule has 0 aromatic heterocycles. The fourth-order valence-electron chi connectivity index (χ4n) is 3.08. The quantitative estimate of drug-likeness (QED) is 0.500. The summed E-state index contributed by atoms with van der Waals surface area (Å²) in [6.07, 6.45) is 7.39. The maximum atomic E-state index is 11.9. The maximum absolute atomic E-state index is 11.9. The predicted molar refractivity (Wildman–Crippen MR) is 98.6 cm³/mol. The second-order valence-corrected chi connectivity index (χ2v) is 6.66. The molecule has 2 heteroatoms. The van der Waals surface area contributed by atoms with Crippen LogP contribution in [0.4, 0.5) is 0 Å². The van der Waals surface area contributed by atoms with Crippen LogP contribution in [0.5, 0.6) is 0 Å². The van der Waals surface area contributed by atoms with Gasteiger partial charge in [0.2, 0.25) is 0 Å². The summed E-state index contributed by atoms with van der Waals surface area (Å²) in [6, 6.07) is 14.9. The lowest BCUT2D eigenvalue weighted by Gasteiger charge is -2.33. The van der Waals surface area contributed by atoms with Crippen LogP contribution in [-0.4, -0.2) is 25.3 Å². The summed E-state index contributed by atoms with van der Waals surface area (Å²) in [5.41, 5.74) is 7.50. The first kappa shape index (κ1) is 15.7. The summed E-state index contributed by atoms with van der Waals surface area (Å²) in [5, 5.41) is 11.9. The number of hydrogen-bond donors (Lipinski definition) is 0. The number of aryl methyl sites for hydroxylation is 1. The number of rotatable bonds is 3. The van der Waals surface area contributed by atoms with Gasteiger partial charge in [-0.2, -0.15) is 0 Å². The van der Waals surface area contributed by atoms with Crippen LogP contribution in [0, 0.1) is 12.1 Å². The molecule has 0 saturated heterocycles. The topological polar surface area (TPSA) is 23.1 Å². The monoisotopic (exact) mass is 305 g/mol. The molecular formula is C21H23NO. The Morgan fingerprint density at radius 2 is 1.70 bits per heavy atom. The number of nitrogens with zero attached hydrogens (tertiary/aromatic N) is 1. The Morgan fingerprint density at radius 1 is 0.957 bits per heavy atom. The molecule has 0 bridgehead atoms. The minimum atomic E-state index is -0.260. The van der Waals surface area contributed by atoms with Gasteiger partial charge in [0.1, 0.15) is 0 Å². The van der Waals surface area contributed by atoms with Crippen LogP contribution in [0.3, 0.4) is 0 Å². The van der Waals surface area contributed by atoms with E-state index >= 15 is 0 Å². The zero-order valence-electron chi connectivity index (χ0n) is 14.0. The molecule has 1 aliphatic carbocycles. The van der Waals surface area contributed by atoms with E-state index in [1.165, 1.54) is 33.4 Å². The average molecular weight is 305 g/mol. The average Bonchev–Trinajstić information content (AvgIpc) is 2.65. The van der Waals surface area contributed by atoms with Crippen LogP contribution in [-0.2, 0) is 0 Å². The molecule has 0 saturated carbocycles. The van der Waals surface area contributed by atoms with E-state index in [9.17, 15) is 5.21 Å². The molecule has 0 unspecified atom stereocenters. The molecular weight excluding hydrogens is 282 g/mol. The number of benzene rings is 2. The SMILES string of the molecule is Cc1cccc2c1C=Cc1ccccc1/C2=C/CC[N+](C)(C)[O-]. The van der Waals surface area contributed by atoms with Crippen molar-refractivity contribution in [3.8, 4) is 0 Å². The molecule has 118 valence electrons. The minimum Gasteiger partial charge on any atom is -0.633 e. The fourth-order valence-corrected chi connectivity index (χ4v) is 3.08. The molecule has 0 aliphatic heterocycles. The molecule has 2 aromatic carbocycles. The Bertz CT molecular complexity index is 779. The summed E-state index contributed by atoms with van der Waals surface area (Å²) in [6.45, 7) is 2.73. The van der Waals surface area contributed by atoms with Gasteiger partial charge in [0.15, 0.2) is 0 Å². The van der Waals surface area contributed by atoms with Crippen molar-refractivity contribution in [1.82, 2.24) is 0 Å². The third kappa shape index (κ3) is 3.44. The number of fused-ring (bicyclic) bond motifs is 2. The molecule has 0 heterocycles. The zero-order valence-corrected chi connectivity index (χ0v) is 14.0. The number of hydroxylamine groups is 3. The van der Waals surface area contributed by atoms with Crippen molar-refractivity contribution in [2.75, 3.05) is 20.6 Å².